The molecular formula is C24H33NO4. The number of hydrogen-bond donors (Lipinski definition) is 1. The molecule has 0 saturated carbocycles. The molecule has 29 heavy (non-hydrogen) atoms. The van der Waals surface area contributed by atoms with Crippen LogP contribution in [-0.2, 0) is 16.6 Å². The highest BCUT2D eigenvalue weighted by molar-refractivity contribution is 5.81. The van der Waals surface area contributed by atoms with Crippen molar-refractivity contribution in [1.29, 1.82) is 0 Å². The lowest BCUT2D eigenvalue weighted by Crippen LogP contribution is -2.38. The molecular weight excluding hydrogens is 366 g/mol. The third-order valence-electron chi connectivity index (χ3n) is 4.82. The fraction of sp³-hybridized carbons (Fsp3) is 0.458. The van der Waals surface area contributed by atoms with Gasteiger partial charge in [0.15, 0.2) is 17.6 Å². The predicted octanol–water partition coefficient (Wildman–Crippen LogP) is 4.52. The molecule has 0 aliphatic heterocycles. The summed E-state index contributed by atoms with van der Waals surface area (Å²) in [5, 5.41) is 2.97. The molecule has 0 saturated heterocycles. The van der Waals surface area contributed by atoms with Gasteiger partial charge in [0, 0.05) is 6.54 Å². The summed E-state index contributed by atoms with van der Waals surface area (Å²) >= 11 is 0. The maximum atomic E-state index is 12.5. The van der Waals surface area contributed by atoms with Gasteiger partial charge in [-0.05, 0) is 53.6 Å². The van der Waals surface area contributed by atoms with Gasteiger partial charge in [-0.2, -0.15) is 0 Å². The van der Waals surface area contributed by atoms with E-state index in [4.69, 9.17) is 14.2 Å². The van der Waals surface area contributed by atoms with Crippen LogP contribution in [0, 0.1) is 0 Å². The van der Waals surface area contributed by atoms with Gasteiger partial charge in [0.05, 0.1) is 14.2 Å². The van der Waals surface area contributed by atoms with Gasteiger partial charge in [-0.1, -0.05) is 45.9 Å². The van der Waals surface area contributed by atoms with Gasteiger partial charge in [-0.25, -0.2) is 0 Å². The van der Waals surface area contributed by atoms with E-state index >= 15 is 0 Å². The second-order valence-corrected chi connectivity index (χ2v) is 8.02. The molecule has 0 unspecified atom stereocenters. The summed E-state index contributed by atoms with van der Waals surface area (Å²) in [6.45, 7) is 8.98. The Morgan fingerprint density at radius 1 is 1.00 bits per heavy atom. The number of amides is 1. The minimum atomic E-state index is -0.513. The Balaban J connectivity index is 1.90. The molecule has 1 amide bonds. The molecule has 0 heterocycles. The monoisotopic (exact) mass is 399 g/mol. The van der Waals surface area contributed by atoms with Gasteiger partial charge in [0.1, 0.15) is 5.75 Å². The zero-order valence-corrected chi connectivity index (χ0v) is 18.4. The molecule has 1 N–H and O–H groups in total. The van der Waals surface area contributed by atoms with E-state index in [1.807, 2.05) is 37.3 Å². The van der Waals surface area contributed by atoms with Gasteiger partial charge in [0.25, 0.3) is 5.91 Å². The van der Waals surface area contributed by atoms with Crippen molar-refractivity contribution in [2.24, 2.45) is 0 Å². The van der Waals surface area contributed by atoms with Crippen LogP contribution >= 0.6 is 0 Å². The minimum absolute atomic E-state index is 0.0875. The molecule has 0 aliphatic carbocycles. The summed E-state index contributed by atoms with van der Waals surface area (Å²) in [5.41, 5.74) is 2.39. The first-order valence-corrected chi connectivity index (χ1v) is 10.0. The molecule has 2 aromatic rings. The number of methoxy groups -OCH3 is 2. The second-order valence-electron chi connectivity index (χ2n) is 8.02. The van der Waals surface area contributed by atoms with Crippen molar-refractivity contribution in [3.8, 4) is 17.2 Å². The van der Waals surface area contributed by atoms with E-state index in [-0.39, 0.29) is 11.3 Å². The summed E-state index contributed by atoms with van der Waals surface area (Å²) in [6, 6.07) is 13.7. The fourth-order valence-electron chi connectivity index (χ4n) is 3.00. The number of hydrogen-bond acceptors (Lipinski definition) is 4. The summed E-state index contributed by atoms with van der Waals surface area (Å²) < 4.78 is 16.5. The minimum Gasteiger partial charge on any atom is -0.493 e. The van der Waals surface area contributed by atoms with E-state index in [0.717, 1.165) is 5.56 Å². The Hall–Kier alpha value is -2.69. The quantitative estimate of drug-likeness (QED) is 0.674. The number of carbonyl (C=O) groups is 1. The van der Waals surface area contributed by atoms with Gasteiger partial charge in [-0.15, -0.1) is 0 Å². The van der Waals surface area contributed by atoms with Crippen LogP contribution in [0.15, 0.2) is 42.5 Å². The number of ether oxygens (including phenoxy) is 3. The van der Waals surface area contributed by atoms with Crippen LogP contribution in [0.25, 0.3) is 0 Å². The van der Waals surface area contributed by atoms with Crippen molar-refractivity contribution >= 4 is 5.91 Å². The molecule has 2 rings (SSSR count). The van der Waals surface area contributed by atoms with Crippen molar-refractivity contribution in [2.75, 3.05) is 20.8 Å². The Morgan fingerprint density at radius 2 is 1.66 bits per heavy atom. The number of nitrogens with one attached hydrogen (secondary N) is 1. The molecule has 158 valence electrons. The number of rotatable bonds is 9. The zero-order valence-electron chi connectivity index (χ0n) is 18.4. The summed E-state index contributed by atoms with van der Waals surface area (Å²) in [7, 11) is 3.22. The van der Waals surface area contributed by atoms with Crippen LogP contribution in [0.4, 0.5) is 0 Å². The van der Waals surface area contributed by atoms with E-state index < -0.39 is 6.10 Å². The molecule has 2 aromatic carbocycles. The topological polar surface area (TPSA) is 56.8 Å². The Morgan fingerprint density at radius 3 is 2.21 bits per heavy atom. The van der Waals surface area contributed by atoms with E-state index in [1.165, 1.54) is 5.56 Å². The first kappa shape index (κ1) is 22.6. The fourth-order valence-corrected chi connectivity index (χ4v) is 3.00. The SMILES string of the molecule is CC[C@@H](Oc1ccc(C(C)(C)C)cc1)C(=O)NCCc1ccc(OC)c(OC)c1. The third kappa shape index (κ3) is 6.41. The molecule has 0 aromatic heterocycles. The molecule has 0 fully saturated rings. The maximum absolute atomic E-state index is 12.5. The van der Waals surface area contributed by atoms with Crippen LogP contribution in [0.3, 0.4) is 0 Å². The van der Waals surface area contributed by atoms with Crippen molar-refractivity contribution in [3.05, 3.63) is 53.6 Å². The average Bonchev–Trinajstić information content (AvgIpc) is 2.71. The summed E-state index contributed by atoms with van der Waals surface area (Å²) in [6.07, 6.45) is 0.785. The average molecular weight is 400 g/mol. The molecule has 5 heteroatoms. The number of carbonyl (C=O) groups excluding carboxylic acids is 1. The highest BCUT2D eigenvalue weighted by Crippen LogP contribution is 2.27. The van der Waals surface area contributed by atoms with E-state index in [1.54, 1.807) is 14.2 Å². The highest BCUT2D eigenvalue weighted by atomic mass is 16.5. The largest absolute Gasteiger partial charge is 0.493 e. The Bertz CT molecular complexity index is 794. The standard InChI is InChI=1S/C24H33NO4/c1-7-20(29-19-11-9-18(10-12-19)24(2,3)4)23(26)25-15-14-17-8-13-21(27-5)22(16-17)28-6/h8-13,16,20H,7,14-15H2,1-6H3,(H,25,26)/t20-/m1/s1. The third-order valence-corrected chi connectivity index (χ3v) is 4.82. The molecule has 1 atom stereocenters. The van der Waals surface area contributed by atoms with Crippen LogP contribution in [0.5, 0.6) is 17.2 Å². The molecule has 0 spiro atoms. The van der Waals surface area contributed by atoms with E-state index in [0.29, 0.717) is 36.6 Å². The lowest BCUT2D eigenvalue weighted by molar-refractivity contribution is -0.128. The van der Waals surface area contributed by atoms with Crippen molar-refractivity contribution < 1.29 is 19.0 Å². The van der Waals surface area contributed by atoms with E-state index in [2.05, 4.69) is 38.2 Å². The first-order valence-electron chi connectivity index (χ1n) is 10.0. The van der Waals surface area contributed by atoms with Gasteiger partial charge < -0.3 is 19.5 Å². The normalized spacial score (nSPS) is 12.2. The zero-order chi connectivity index (χ0) is 21.4. The van der Waals surface area contributed by atoms with Crippen LogP contribution in [0.2, 0.25) is 0 Å². The van der Waals surface area contributed by atoms with Gasteiger partial charge in [0.2, 0.25) is 0 Å². The Kier molecular flexibility index (Phi) is 7.94. The first-order chi connectivity index (χ1) is 13.8. The van der Waals surface area contributed by atoms with Crippen molar-refractivity contribution in [3.63, 3.8) is 0 Å². The summed E-state index contributed by atoms with van der Waals surface area (Å²) in [4.78, 5) is 12.5. The molecule has 0 bridgehead atoms. The lowest BCUT2D eigenvalue weighted by atomic mass is 9.87. The predicted molar refractivity (Wildman–Crippen MR) is 116 cm³/mol. The maximum Gasteiger partial charge on any atom is 0.261 e. The van der Waals surface area contributed by atoms with Crippen molar-refractivity contribution in [1.82, 2.24) is 5.32 Å². The lowest BCUT2D eigenvalue weighted by Gasteiger charge is -2.21. The van der Waals surface area contributed by atoms with Crippen LogP contribution in [-0.4, -0.2) is 32.8 Å². The van der Waals surface area contributed by atoms with Gasteiger partial charge in [-0.3, -0.25) is 4.79 Å². The van der Waals surface area contributed by atoms with E-state index in [9.17, 15) is 4.79 Å². The summed E-state index contributed by atoms with van der Waals surface area (Å²) in [5.74, 6) is 1.98. The second kappa shape index (κ2) is 10.2. The van der Waals surface area contributed by atoms with Gasteiger partial charge >= 0.3 is 0 Å². The smallest absolute Gasteiger partial charge is 0.261 e. The molecule has 5 nitrogen and oxygen atoms in total. The highest BCUT2D eigenvalue weighted by Gasteiger charge is 2.19. The molecule has 0 aliphatic rings. The van der Waals surface area contributed by atoms with Crippen LogP contribution < -0.4 is 19.5 Å². The van der Waals surface area contributed by atoms with Crippen LogP contribution in [0.1, 0.15) is 45.2 Å². The Labute approximate surface area is 174 Å². The molecule has 0 radical (unpaired) electrons. The van der Waals surface area contributed by atoms with Crippen molar-refractivity contribution in [2.45, 2.75) is 52.1 Å². The number of benzene rings is 2.